The van der Waals surface area contributed by atoms with Crippen molar-refractivity contribution in [3.8, 4) is 28.3 Å². The van der Waals surface area contributed by atoms with E-state index in [1.807, 2.05) is 18.3 Å². The van der Waals surface area contributed by atoms with Gasteiger partial charge in [0.05, 0.1) is 18.7 Å². The fraction of sp³-hybridized carbons (Fsp3) is 0.424. The number of aliphatic hydroxyl groups is 1. The average Bonchev–Trinajstić information content (AvgIpc) is 3.62. The summed E-state index contributed by atoms with van der Waals surface area (Å²) in [6.45, 7) is 7.79. The lowest BCUT2D eigenvalue weighted by Gasteiger charge is -2.37. The lowest BCUT2D eigenvalue weighted by Crippen LogP contribution is -2.50. The lowest BCUT2D eigenvalue weighted by atomic mass is 9.99. The summed E-state index contributed by atoms with van der Waals surface area (Å²) in [6.07, 6.45) is 3.53. The zero-order chi connectivity index (χ0) is 32.1. The van der Waals surface area contributed by atoms with Crippen LogP contribution in [0.25, 0.3) is 33.5 Å². The molecule has 238 valence electrons. The zero-order valence-corrected chi connectivity index (χ0v) is 25.9. The van der Waals surface area contributed by atoms with Crippen molar-refractivity contribution in [2.45, 2.75) is 58.1 Å². The van der Waals surface area contributed by atoms with E-state index < -0.39 is 11.9 Å². The Kier molecular flexibility index (Phi) is 9.94. The molecular formula is C33H40N6O6. The number of unbranched alkanes of at least 4 members (excludes halogenated alkanes) is 1. The Morgan fingerprint density at radius 2 is 1.78 bits per heavy atom. The molecule has 5 heterocycles. The summed E-state index contributed by atoms with van der Waals surface area (Å²) in [7, 11) is 1.67. The van der Waals surface area contributed by atoms with Crippen LogP contribution in [0.5, 0.6) is 5.75 Å². The van der Waals surface area contributed by atoms with Gasteiger partial charge in [0.15, 0.2) is 0 Å². The molecule has 2 aliphatic heterocycles. The van der Waals surface area contributed by atoms with Crippen LogP contribution in [0.2, 0.25) is 0 Å². The molecule has 12 nitrogen and oxygen atoms in total. The maximum absolute atomic E-state index is 10.00. The third-order valence-corrected chi connectivity index (χ3v) is 8.55. The summed E-state index contributed by atoms with van der Waals surface area (Å²) in [5.41, 5.74) is 7.58. The van der Waals surface area contributed by atoms with Crippen molar-refractivity contribution in [2.75, 3.05) is 38.2 Å². The molecule has 12 heteroatoms. The lowest BCUT2D eigenvalue weighted by molar-refractivity contribution is -0.139. The number of aliphatic hydroxyl groups excluding tert-OH is 1. The fourth-order valence-electron chi connectivity index (χ4n) is 5.98. The number of aromatic amines is 1. The summed E-state index contributed by atoms with van der Waals surface area (Å²) < 4.78 is 5.69. The van der Waals surface area contributed by atoms with Crippen LogP contribution in [-0.2, 0) is 9.59 Å². The first-order valence-electron chi connectivity index (χ1n) is 15.2. The average molecular weight is 617 g/mol. The van der Waals surface area contributed by atoms with Crippen LogP contribution in [0.4, 0.5) is 5.82 Å². The highest BCUT2D eigenvalue weighted by atomic mass is 16.5. The smallest absolute Gasteiger partial charge is 0.303 e. The molecule has 2 fully saturated rings. The number of hydrogen-bond acceptors (Lipinski definition) is 9. The van der Waals surface area contributed by atoms with E-state index in [1.165, 1.54) is 11.1 Å². The second kappa shape index (κ2) is 14.0. The highest BCUT2D eigenvalue weighted by Gasteiger charge is 2.35. The first-order valence-corrected chi connectivity index (χ1v) is 15.2. The summed E-state index contributed by atoms with van der Waals surface area (Å²) in [4.78, 5) is 34.3. The number of benzene rings is 1. The first kappa shape index (κ1) is 31.9. The van der Waals surface area contributed by atoms with Crippen LogP contribution in [0.1, 0.15) is 43.2 Å². The second-order valence-corrected chi connectivity index (χ2v) is 11.6. The largest absolute Gasteiger partial charge is 0.494 e. The predicted molar refractivity (Wildman–Crippen MR) is 171 cm³/mol. The molecule has 4 aromatic rings. The Labute approximate surface area is 261 Å². The minimum absolute atomic E-state index is 0.0628. The molecule has 6 rings (SSSR count). The number of carbonyl (C=O) groups is 2. The molecule has 0 saturated carbocycles. The molecule has 0 unspecified atom stereocenters. The van der Waals surface area contributed by atoms with Crippen molar-refractivity contribution in [3.05, 3.63) is 53.7 Å². The van der Waals surface area contributed by atoms with Crippen molar-refractivity contribution < 1.29 is 29.6 Å². The van der Waals surface area contributed by atoms with E-state index in [1.54, 1.807) is 7.11 Å². The van der Waals surface area contributed by atoms with Gasteiger partial charge in [0, 0.05) is 68.5 Å². The summed E-state index contributed by atoms with van der Waals surface area (Å²) in [5.74, 6) is -0.0674. The van der Waals surface area contributed by atoms with Crippen LogP contribution in [0.15, 0.2) is 42.6 Å². The van der Waals surface area contributed by atoms with Crippen LogP contribution in [0.3, 0.4) is 0 Å². The molecule has 1 aromatic carbocycles. The minimum Gasteiger partial charge on any atom is -0.494 e. The second-order valence-electron chi connectivity index (χ2n) is 11.6. The number of fused-ring (bicyclic) bond motifs is 2. The molecule has 2 atom stereocenters. The standard InChI is InChI=1S/C27H30N6O2.C6H10O4/c1-16-5-4-6-21(17(16)2)26-23(35-3)12-22-27(29-26)25(31-30-22)18-7-8-24(28-13-18)33-10-9-32-15-20(34)11-19(32)14-33;7-5(8)3-1-2-4-6(9)10/h4-8,12-13,19-20,34H,9-11,14-15H2,1-3H3,(H,30,31);1-4H2,(H,7,8)(H,9,10)/t19-,20+;/m0./s1. The van der Waals surface area contributed by atoms with Crippen LogP contribution in [0, 0.1) is 13.8 Å². The van der Waals surface area contributed by atoms with Gasteiger partial charge in [-0.15, -0.1) is 0 Å². The van der Waals surface area contributed by atoms with Crippen LogP contribution >= 0.6 is 0 Å². The Morgan fingerprint density at radius 3 is 2.44 bits per heavy atom. The molecule has 0 bridgehead atoms. The Balaban J connectivity index is 0.000000348. The molecular weight excluding hydrogens is 576 g/mol. The van der Waals surface area contributed by atoms with E-state index in [9.17, 15) is 14.7 Å². The van der Waals surface area contributed by atoms with Crippen molar-refractivity contribution in [3.63, 3.8) is 0 Å². The maximum Gasteiger partial charge on any atom is 0.303 e. The third-order valence-electron chi connectivity index (χ3n) is 8.55. The van der Waals surface area contributed by atoms with E-state index in [0.717, 1.165) is 72.0 Å². The summed E-state index contributed by atoms with van der Waals surface area (Å²) in [5, 5.41) is 34.0. The molecule has 45 heavy (non-hydrogen) atoms. The van der Waals surface area contributed by atoms with Gasteiger partial charge in [0.2, 0.25) is 0 Å². The molecule has 0 amide bonds. The monoisotopic (exact) mass is 616 g/mol. The Bertz CT molecular complexity index is 1640. The molecule has 0 radical (unpaired) electrons. The number of piperazine rings is 1. The molecule has 0 spiro atoms. The van der Waals surface area contributed by atoms with E-state index in [2.05, 4.69) is 58.1 Å². The maximum atomic E-state index is 10.00. The molecule has 3 aromatic heterocycles. The molecule has 0 aliphatic carbocycles. The van der Waals surface area contributed by atoms with Gasteiger partial charge in [0.1, 0.15) is 28.5 Å². The van der Waals surface area contributed by atoms with E-state index in [-0.39, 0.29) is 18.9 Å². The number of ether oxygens (including phenoxy) is 1. The number of aryl methyl sites for hydroxylation is 1. The number of anilines is 1. The molecule has 2 saturated heterocycles. The van der Waals surface area contributed by atoms with E-state index in [4.69, 9.17) is 24.9 Å². The topological polar surface area (TPSA) is 165 Å². The van der Waals surface area contributed by atoms with Crippen molar-refractivity contribution >= 4 is 28.8 Å². The third kappa shape index (κ3) is 7.40. The van der Waals surface area contributed by atoms with Crippen molar-refractivity contribution in [2.24, 2.45) is 0 Å². The van der Waals surface area contributed by atoms with Gasteiger partial charge in [-0.25, -0.2) is 9.97 Å². The number of nitrogens with one attached hydrogen (secondary N) is 1. The van der Waals surface area contributed by atoms with Gasteiger partial charge in [-0.05, 0) is 56.4 Å². The minimum atomic E-state index is -0.870. The number of carboxylic acid groups (broad SMARTS) is 2. The zero-order valence-electron chi connectivity index (χ0n) is 25.9. The number of methoxy groups -OCH3 is 1. The van der Waals surface area contributed by atoms with E-state index >= 15 is 0 Å². The number of aliphatic carboxylic acids is 2. The number of rotatable bonds is 9. The Morgan fingerprint density at radius 1 is 1.02 bits per heavy atom. The fourth-order valence-corrected chi connectivity index (χ4v) is 5.98. The van der Waals surface area contributed by atoms with Gasteiger partial charge in [-0.2, -0.15) is 5.10 Å². The quantitative estimate of drug-likeness (QED) is 0.198. The van der Waals surface area contributed by atoms with Gasteiger partial charge < -0.3 is 25.0 Å². The predicted octanol–water partition coefficient (Wildman–Crippen LogP) is 4.28. The van der Waals surface area contributed by atoms with Gasteiger partial charge in [0.25, 0.3) is 0 Å². The van der Waals surface area contributed by atoms with Crippen LogP contribution in [-0.4, -0.2) is 97.8 Å². The van der Waals surface area contributed by atoms with Gasteiger partial charge >= 0.3 is 11.9 Å². The Hall–Kier alpha value is -4.55. The molecule has 4 N–H and O–H groups in total. The number of aromatic nitrogens is 4. The SMILES string of the molecule is COc1cc2[nH]nc(-c3ccc(N4CCN5C[C@H](O)C[C@H]5C4)nc3)c2nc1-c1cccc(C)c1C.O=C(O)CCCCC(=O)O. The number of hydrogen-bond donors (Lipinski definition) is 4. The summed E-state index contributed by atoms with van der Waals surface area (Å²) >= 11 is 0. The van der Waals surface area contributed by atoms with Crippen LogP contribution < -0.4 is 9.64 Å². The van der Waals surface area contributed by atoms with Gasteiger partial charge in [-0.1, -0.05) is 18.2 Å². The molecule has 2 aliphatic rings. The number of nitrogens with zero attached hydrogens (tertiary/aromatic N) is 5. The van der Waals surface area contributed by atoms with Gasteiger partial charge in [-0.3, -0.25) is 19.6 Å². The van der Waals surface area contributed by atoms with E-state index in [0.29, 0.717) is 24.6 Å². The number of pyridine rings is 2. The van der Waals surface area contributed by atoms with Crippen molar-refractivity contribution in [1.29, 1.82) is 0 Å². The number of carboxylic acids is 2. The first-order chi connectivity index (χ1) is 21.6. The normalized spacial score (nSPS) is 17.9. The highest BCUT2D eigenvalue weighted by Crippen LogP contribution is 2.36. The summed E-state index contributed by atoms with van der Waals surface area (Å²) in [6, 6.07) is 12.7. The van der Waals surface area contributed by atoms with Crippen molar-refractivity contribution in [1.82, 2.24) is 25.1 Å². The number of H-pyrrole nitrogens is 1. The highest BCUT2D eigenvalue weighted by molar-refractivity contribution is 5.93.